The van der Waals surface area contributed by atoms with Gasteiger partial charge >= 0.3 is 0 Å². The first-order valence-electron chi connectivity index (χ1n) is 4.67. The minimum absolute atomic E-state index is 0.530. The first-order valence-corrected chi connectivity index (χ1v) is 5.46. The van der Waals surface area contributed by atoms with Crippen LogP contribution in [-0.2, 0) is 4.74 Å². The number of halogens is 1. The number of nitrogens with zero attached hydrogens (tertiary/aromatic N) is 1. The molecule has 3 nitrogen and oxygen atoms in total. The van der Waals surface area contributed by atoms with E-state index in [0.29, 0.717) is 12.5 Å². The Morgan fingerprint density at radius 2 is 2.57 bits per heavy atom. The molecule has 1 unspecified atom stereocenters. The molecule has 0 spiro atoms. The summed E-state index contributed by atoms with van der Waals surface area (Å²) in [5, 5.41) is 0. The third-order valence-electron chi connectivity index (χ3n) is 2.22. The maximum absolute atomic E-state index is 5.63. The number of hydrogen-bond donors (Lipinski definition) is 0. The lowest BCUT2D eigenvalue weighted by Crippen LogP contribution is -2.11. The second-order valence-electron chi connectivity index (χ2n) is 3.33. The van der Waals surface area contributed by atoms with Crippen molar-refractivity contribution >= 4 is 15.9 Å². The van der Waals surface area contributed by atoms with Crippen LogP contribution in [0.15, 0.2) is 22.9 Å². The molecule has 0 N–H and O–H groups in total. The van der Waals surface area contributed by atoms with Crippen LogP contribution in [0.2, 0.25) is 0 Å². The zero-order chi connectivity index (χ0) is 9.80. The van der Waals surface area contributed by atoms with Gasteiger partial charge in [0.25, 0.3) is 0 Å². The highest BCUT2D eigenvalue weighted by atomic mass is 79.9. The van der Waals surface area contributed by atoms with Crippen LogP contribution in [0, 0.1) is 5.92 Å². The maximum atomic E-state index is 5.63. The second kappa shape index (κ2) is 4.75. The van der Waals surface area contributed by atoms with E-state index in [9.17, 15) is 0 Å². The van der Waals surface area contributed by atoms with Crippen molar-refractivity contribution in [3.05, 3.63) is 22.9 Å². The molecule has 1 aliphatic heterocycles. The van der Waals surface area contributed by atoms with Crippen molar-refractivity contribution in [1.29, 1.82) is 0 Å². The number of hydrogen-bond acceptors (Lipinski definition) is 3. The molecule has 0 amide bonds. The van der Waals surface area contributed by atoms with Crippen LogP contribution in [0.5, 0.6) is 5.75 Å². The molecule has 1 fully saturated rings. The van der Waals surface area contributed by atoms with Crippen molar-refractivity contribution in [3.8, 4) is 5.75 Å². The topological polar surface area (TPSA) is 31.4 Å². The fourth-order valence-corrected chi connectivity index (χ4v) is 1.77. The molecule has 0 aliphatic carbocycles. The third-order valence-corrected chi connectivity index (χ3v) is 2.82. The lowest BCUT2D eigenvalue weighted by Gasteiger charge is -2.10. The molecule has 2 rings (SSSR count). The van der Waals surface area contributed by atoms with Gasteiger partial charge in [-0.05, 0) is 34.5 Å². The van der Waals surface area contributed by atoms with E-state index in [-0.39, 0.29) is 0 Å². The van der Waals surface area contributed by atoms with E-state index in [1.807, 2.05) is 12.1 Å². The van der Waals surface area contributed by atoms with Gasteiger partial charge in [0.15, 0.2) is 5.75 Å². The Morgan fingerprint density at radius 1 is 1.64 bits per heavy atom. The quantitative estimate of drug-likeness (QED) is 0.779. The van der Waals surface area contributed by atoms with Gasteiger partial charge in [0.2, 0.25) is 0 Å². The fraction of sp³-hybridized carbons (Fsp3) is 0.500. The van der Waals surface area contributed by atoms with Crippen molar-refractivity contribution < 1.29 is 9.47 Å². The zero-order valence-electron chi connectivity index (χ0n) is 7.78. The Bertz CT molecular complexity index is 300. The van der Waals surface area contributed by atoms with Crippen LogP contribution in [-0.4, -0.2) is 24.8 Å². The molecular weight excluding hydrogens is 246 g/mol. The Morgan fingerprint density at radius 3 is 3.29 bits per heavy atom. The van der Waals surface area contributed by atoms with Crippen LogP contribution >= 0.6 is 15.9 Å². The third kappa shape index (κ3) is 2.45. The van der Waals surface area contributed by atoms with Crippen LogP contribution in [0.3, 0.4) is 0 Å². The lowest BCUT2D eigenvalue weighted by molar-refractivity contribution is 0.166. The van der Waals surface area contributed by atoms with Crippen molar-refractivity contribution in [2.45, 2.75) is 6.42 Å². The van der Waals surface area contributed by atoms with Crippen LogP contribution in [0.1, 0.15) is 6.42 Å². The normalized spacial score (nSPS) is 21.1. The van der Waals surface area contributed by atoms with Gasteiger partial charge < -0.3 is 9.47 Å². The molecular formula is C10H12BrNO2. The van der Waals surface area contributed by atoms with Gasteiger partial charge in [0.05, 0.1) is 13.2 Å². The molecule has 0 aromatic carbocycles. The SMILES string of the molecule is Brc1ncccc1OCC1CCOC1. The second-order valence-corrected chi connectivity index (χ2v) is 4.08. The van der Waals surface area contributed by atoms with E-state index < -0.39 is 0 Å². The molecule has 14 heavy (non-hydrogen) atoms. The number of pyridine rings is 1. The average Bonchev–Trinajstić information content (AvgIpc) is 2.69. The summed E-state index contributed by atoms with van der Waals surface area (Å²) in [4.78, 5) is 4.08. The summed E-state index contributed by atoms with van der Waals surface area (Å²) in [6.07, 6.45) is 2.83. The molecule has 0 radical (unpaired) electrons. The highest BCUT2D eigenvalue weighted by Crippen LogP contribution is 2.22. The van der Waals surface area contributed by atoms with E-state index in [0.717, 1.165) is 30.0 Å². The fourth-order valence-electron chi connectivity index (χ4n) is 1.40. The average molecular weight is 258 g/mol. The van der Waals surface area contributed by atoms with Gasteiger partial charge in [-0.15, -0.1) is 0 Å². The Hall–Kier alpha value is -0.610. The molecule has 76 valence electrons. The minimum atomic E-state index is 0.530. The highest BCUT2D eigenvalue weighted by molar-refractivity contribution is 9.10. The van der Waals surface area contributed by atoms with Crippen molar-refractivity contribution in [2.75, 3.05) is 19.8 Å². The molecule has 1 atom stereocenters. The first-order chi connectivity index (χ1) is 6.86. The predicted molar refractivity (Wildman–Crippen MR) is 56.4 cm³/mol. The number of ether oxygens (including phenoxy) is 2. The van der Waals surface area contributed by atoms with E-state index in [2.05, 4.69) is 20.9 Å². The van der Waals surface area contributed by atoms with Crippen molar-refractivity contribution in [1.82, 2.24) is 4.98 Å². The summed E-state index contributed by atoms with van der Waals surface area (Å²) in [6, 6.07) is 3.78. The van der Waals surface area contributed by atoms with E-state index in [1.165, 1.54) is 0 Å². The lowest BCUT2D eigenvalue weighted by atomic mass is 10.1. The van der Waals surface area contributed by atoms with Gasteiger partial charge in [-0.25, -0.2) is 4.98 Å². The predicted octanol–water partition coefficient (Wildman–Crippen LogP) is 2.26. The molecule has 1 saturated heterocycles. The summed E-state index contributed by atoms with van der Waals surface area (Å²) in [7, 11) is 0. The molecule has 1 aromatic heterocycles. The highest BCUT2D eigenvalue weighted by Gasteiger charge is 2.16. The first kappa shape index (κ1) is 9.93. The molecule has 0 bridgehead atoms. The standard InChI is InChI=1S/C10H12BrNO2/c11-10-9(2-1-4-12-10)14-7-8-3-5-13-6-8/h1-2,4,8H,3,5-7H2. The monoisotopic (exact) mass is 257 g/mol. The Balaban J connectivity index is 1.88. The molecule has 1 aromatic rings. The molecule has 0 saturated carbocycles. The van der Waals surface area contributed by atoms with Crippen LogP contribution in [0.4, 0.5) is 0 Å². The maximum Gasteiger partial charge on any atom is 0.152 e. The van der Waals surface area contributed by atoms with Crippen LogP contribution in [0.25, 0.3) is 0 Å². The molecule has 1 aliphatic rings. The van der Waals surface area contributed by atoms with Gasteiger partial charge in [-0.2, -0.15) is 0 Å². The van der Waals surface area contributed by atoms with E-state index in [1.54, 1.807) is 6.20 Å². The largest absolute Gasteiger partial charge is 0.490 e. The molecule has 2 heterocycles. The molecule has 4 heteroatoms. The van der Waals surface area contributed by atoms with Gasteiger partial charge in [0, 0.05) is 18.7 Å². The smallest absolute Gasteiger partial charge is 0.152 e. The zero-order valence-corrected chi connectivity index (χ0v) is 9.37. The number of aromatic nitrogens is 1. The van der Waals surface area contributed by atoms with Crippen molar-refractivity contribution in [2.24, 2.45) is 5.92 Å². The van der Waals surface area contributed by atoms with Gasteiger partial charge in [-0.1, -0.05) is 0 Å². The number of rotatable bonds is 3. The summed E-state index contributed by atoms with van der Waals surface area (Å²) >= 11 is 3.34. The van der Waals surface area contributed by atoms with E-state index in [4.69, 9.17) is 9.47 Å². The summed E-state index contributed by atoms with van der Waals surface area (Å²) in [5.74, 6) is 1.33. The summed E-state index contributed by atoms with van der Waals surface area (Å²) in [5.41, 5.74) is 0. The Kier molecular flexibility index (Phi) is 3.37. The van der Waals surface area contributed by atoms with Crippen molar-refractivity contribution in [3.63, 3.8) is 0 Å². The van der Waals surface area contributed by atoms with E-state index >= 15 is 0 Å². The van der Waals surface area contributed by atoms with Gasteiger partial charge in [-0.3, -0.25) is 0 Å². The Labute approximate surface area is 91.6 Å². The van der Waals surface area contributed by atoms with Crippen LogP contribution < -0.4 is 4.74 Å². The summed E-state index contributed by atoms with van der Waals surface area (Å²) in [6.45, 7) is 2.39. The summed E-state index contributed by atoms with van der Waals surface area (Å²) < 4.78 is 11.7. The van der Waals surface area contributed by atoms with Gasteiger partial charge in [0.1, 0.15) is 4.60 Å². The minimum Gasteiger partial charge on any atom is -0.490 e.